The van der Waals surface area contributed by atoms with Gasteiger partial charge in [-0.05, 0) is 23.8 Å². The van der Waals surface area contributed by atoms with E-state index in [2.05, 4.69) is 47.7 Å². The van der Waals surface area contributed by atoms with Crippen molar-refractivity contribution >= 4 is 23.3 Å². The van der Waals surface area contributed by atoms with Crippen molar-refractivity contribution in [3.05, 3.63) is 41.2 Å². The molecule has 0 saturated carbocycles. The van der Waals surface area contributed by atoms with Crippen molar-refractivity contribution in [3.8, 4) is 0 Å². The molecular weight excluding hydrogens is 330 g/mol. The van der Waals surface area contributed by atoms with Crippen LogP contribution in [0.1, 0.15) is 50.1 Å². The van der Waals surface area contributed by atoms with E-state index in [0.717, 1.165) is 28.3 Å². The van der Waals surface area contributed by atoms with Gasteiger partial charge >= 0.3 is 6.03 Å². The SMILES string of the molecule is CC(C)(C)c1cc(C2CC(=O)Nc3cc(N4CCNC4=O)ccc32)n[nH]1. The molecule has 1 fully saturated rings. The van der Waals surface area contributed by atoms with Crippen molar-refractivity contribution in [3.63, 3.8) is 0 Å². The first-order chi connectivity index (χ1) is 12.3. The molecule has 3 amide bonds. The summed E-state index contributed by atoms with van der Waals surface area (Å²) in [4.78, 5) is 25.9. The van der Waals surface area contributed by atoms with E-state index in [4.69, 9.17) is 0 Å². The van der Waals surface area contributed by atoms with E-state index in [0.29, 0.717) is 19.5 Å². The quantitative estimate of drug-likeness (QED) is 0.775. The number of carbonyl (C=O) groups excluding carboxylic acids is 2. The van der Waals surface area contributed by atoms with Crippen LogP contribution in [0.2, 0.25) is 0 Å². The fraction of sp³-hybridized carbons (Fsp3) is 0.421. The second-order valence-corrected chi connectivity index (χ2v) is 7.92. The van der Waals surface area contributed by atoms with Crippen molar-refractivity contribution in [1.82, 2.24) is 15.5 Å². The number of amides is 3. The van der Waals surface area contributed by atoms with Crippen molar-refractivity contribution in [2.45, 2.75) is 38.5 Å². The predicted molar refractivity (Wildman–Crippen MR) is 99.6 cm³/mol. The van der Waals surface area contributed by atoms with E-state index in [1.54, 1.807) is 4.90 Å². The van der Waals surface area contributed by atoms with Crippen LogP contribution in [-0.2, 0) is 10.2 Å². The number of anilines is 2. The molecule has 4 rings (SSSR count). The van der Waals surface area contributed by atoms with Crippen LogP contribution in [0.25, 0.3) is 0 Å². The Balaban J connectivity index is 1.70. The topological polar surface area (TPSA) is 90.1 Å². The third-order valence-corrected chi connectivity index (χ3v) is 5.01. The van der Waals surface area contributed by atoms with Gasteiger partial charge in [0.2, 0.25) is 5.91 Å². The summed E-state index contributed by atoms with van der Waals surface area (Å²) in [5, 5.41) is 13.3. The molecule has 7 nitrogen and oxygen atoms in total. The molecule has 0 spiro atoms. The van der Waals surface area contributed by atoms with Gasteiger partial charge in [-0.15, -0.1) is 0 Å². The molecule has 1 saturated heterocycles. The molecule has 2 aliphatic rings. The third-order valence-electron chi connectivity index (χ3n) is 5.01. The van der Waals surface area contributed by atoms with E-state index in [9.17, 15) is 9.59 Å². The maximum Gasteiger partial charge on any atom is 0.321 e. The monoisotopic (exact) mass is 353 g/mol. The number of hydrogen-bond acceptors (Lipinski definition) is 3. The van der Waals surface area contributed by atoms with E-state index in [-0.39, 0.29) is 23.3 Å². The molecule has 0 aliphatic carbocycles. The van der Waals surface area contributed by atoms with Crippen molar-refractivity contribution in [2.24, 2.45) is 0 Å². The van der Waals surface area contributed by atoms with Crippen LogP contribution in [-0.4, -0.2) is 35.2 Å². The van der Waals surface area contributed by atoms with Crippen LogP contribution >= 0.6 is 0 Å². The summed E-state index contributed by atoms with van der Waals surface area (Å²) in [6.45, 7) is 7.63. The Morgan fingerprint density at radius 1 is 1.19 bits per heavy atom. The summed E-state index contributed by atoms with van der Waals surface area (Å²) < 4.78 is 0. The van der Waals surface area contributed by atoms with Gasteiger partial charge in [-0.25, -0.2) is 4.79 Å². The van der Waals surface area contributed by atoms with Crippen molar-refractivity contribution < 1.29 is 9.59 Å². The van der Waals surface area contributed by atoms with Crippen LogP contribution in [0, 0.1) is 0 Å². The molecule has 7 heteroatoms. The van der Waals surface area contributed by atoms with Gasteiger partial charge in [0, 0.05) is 47.9 Å². The van der Waals surface area contributed by atoms with Crippen LogP contribution in [0.5, 0.6) is 0 Å². The lowest BCUT2D eigenvalue weighted by molar-refractivity contribution is -0.116. The zero-order valence-electron chi connectivity index (χ0n) is 15.2. The smallest absolute Gasteiger partial charge is 0.321 e. The summed E-state index contributed by atoms with van der Waals surface area (Å²) in [6, 6.07) is 7.75. The Hall–Kier alpha value is -2.83. The Morgan fingerprint density at radius 2 is 2.00 bits per heavy atom. The van der Waals surface area contributed by atoms with Crippen LogP contribution in [0.4, 0.5) is 16.2 Å². The minimum atomic E-state index is -0.106. The molecule has 1 unspecified atom stereocenters. The van der Waals surface area contributed by atoms with E-state index in [1.165, 1.54) is 0 Å². The third kappa shape index (κ3) is 2.83. The van der Waals surface area contributed by atoms with Crippen LogP contribution in [0.3, 0.4) is 0 Å². The molecule has 1 aromatic heterocycles. The molecule has 0 bridgehead atoms. The second kappa shape index (κ2) is 5.86. The zero-order chi connectivity index (χ0) is 18.5. The molecule has 26 heavy (non-hydrogen) atoms. The van der Waals surface area contributed by atoms with E-state index < -0.39 is 0 Å². The summed E-state index contributed by atoms with van der Waals surface area (Å²) in [5.41, 5.74) is 4.46. The number of urea groups is 1. The van der Waals surface area contributed by atoms with Gasteiger partial charge in [-0.2, -0.15) is 5.10 Å². The Morgan fingerprint density at radius 3 is 2.65 bits per heavy atom. The first-order valence-corrected chi connectivity index (χ1v) is 8.88. The van der Waals surface area contributed by atoms with Crippen LogP contribution in [0.15, 0.2) is 24.3 Å². The lowest BCUT2D eigenvalue weighted by Crippen LogP contribution is -2.28. The lowest BCUT2D eigenvalue weighted by atomic mass is 9.86. The molecule has 2 aliphatic heterocycles. The van der Waals surface area contributed by atoms with E-state index in [1.807, 2.05) is 18.2 Å². The fourth-order valence-corrected chi connectivity index (χ4v) is 3.50. The molecular formula is C19H23N5O2. The highest BCUT2D eigenvalue weighted by molar-refractivity contribution is 5.98. The molecule has 1 atom stereocenters. The molecule has 0 radical (unpaired) electrons. The van der Waals surface area contributed by atoms with Gasteiger partial charge in [0.25, 0.3) is 0 Å². The number of aromatic nitrogens is 2. The Bertz CT molecular complexity index is 880. The number of benzene rings is 1. The highest BCUT2D eigenvalue weighted by atomic mass is 16.2. The van der Waals surface area contributed by atoms with Crippen molar-refractivity contribution in [2.75, 3.05) is 23.3 Å². The predicted octanol–water partition coefficient (Wildman–Crippen LogP) is 2.71. The van der Waals surface area contributed by atoms with E-state index >= 15 is 0 Å². The minimum absolute atomic E-state index is 0.0298. The Labute approximate surface area is 152 Å². The van der Waals surface area contributed by atoms with Gasteiger partial charge in [-0.1, -0.05) is 26.8 Å². The molecule has 2 aromatic rings. The van der Waals surface area contributed by atoms with Gasteiger partial charge in [0.05, 0.1) is 5.69 Å². The lowest BCUT2D eigenvalue weighted by Gasteiger charge is -2.26. The Kier molecular flexibility index (Phi) is 3.75. The minimum Gasteiger partial charge on any atom is -0.336 e. The van der Waals surface area contributed by atoms with Crippen molar-refractivity contribution in [1.29, 1.82) is 0 Å². The molecule has 136 valence electrons. The number of hydrogen-bond donors (Lipinski definition) is 3. The summed E-state index contributed by atoms with van der Waals surface area (Å²) in [6.07, 6.45) is 0.366. The van der Waals surface area contributed by atoms with Crippen LogP contribution < -0.4 is 15.5 Å². The number of aromatic amines is 1. The number of fused-ring (bicyclic) bond motifs is 1. The maximum absolute atomic E-state index is 12.3. The van der Waals surface area contributed by atoms with Gasteiger partial charge in [0.15, 0.2) is 0 Å². The first kappa shape index (κ1) is 16.6. The number of rotatable bonds is 2. The summed E-state index contributed by atoms with van der Waals surface area (Å²) in [5.74, 6) is -0.126. The number of nitrogens with one attached hydrogen (secondary N) is 3. The van der Waals surface area contributed by atoms with Gasteiger partial charge in [0.1, 0.15) is 0 Å². The molecule has 3 N–H and O–H groups in total. The molecule has 1 aromatic carbocycles. The average Bonchev–Trinajstić information content (AvgIpc) is 3.22. The largest absolute Gasteiger partial charge is 0.336 e. The maximum atomic E-state index is 12.3. The summed E-state index contributed by atoms with van der Waals surface area (Å²) in [7, 11) is 0. The number of carbonyl (C=O) groups is 2. The van der Waals surface area contributed by atoms with Gasteiger partial charge < -0.3 is 10.6 Å². The first-order valence-electron chi connectivity index (χ1n) is 8.88. The highest BCUT2D eigenvalue weighted by Crippen LogP contribution is 2.39. The number of H-pyrrole nitrogens is 1. The number of nitrogens with zero attached hydrogens (tertiary/aromatic N) is 2. The summed E-state index contributed by atoms with van der Waals surface area (Å²) >= 11 is 0. The second-order valence-electron chi connectivity index (χ2n) is 7.92. The molecule has 3 heterocycles. The normalized spacial score (nSPS) is 20.0. The standard InChI is InChI=1S/C19H23N5O2/c1-19(2,3)16-10-15(22-23-16)13-9-17(25)21-14-8-11(4-5-12(13)14)24-7-6-20-18(24)26/h4-5,8,10,13H,6-7,9H2,1-3H3,(H,20,26)(H,21,25)(H,22,23). The highest BCUT2D eigenvalue weighted by Gasteiger charge is 2.31. The average molecular weight is 353 g/mol. The fourth-order valence-electron chi connectivity index (χ4n) is 3.50. The van der Waals surface area contributed by atoms with Gasteiger partial charge in [-0.3, -0.25) is 14.8 Å². The zero-order valence-corrected chi connectivity index (χ0v) is 15.2.